The summed E-state index contributed by atoms with van der Waals surface area (Å²) in [6, 6.07) is 0. The summed E-state index contributed by atoms with van der Waals surface area (Å²) in [5, 5.41) is 0. The fourth-order valence-electron chi connectivity index (χ4n) is 0. The topological polar surface area (TPSA) is 115 Å². The Morgan fingerprint density at radius 2 is 1.20 bits per heavy atom. The molecule has 6 nitrogen and oxygen atoms in total. The van der Waals surface area contributed by atoms with E-state index in [4.69, 9.17) is 28.7 Å². The number of hydrogen-bond donors (Lipinski definition) is 4. The van der Waals surface area contributed by atoms with Gasteiger partial charge < -0.3 is 19.6 Å². The Hall–Kier alpha value is 2.81. The summed E-state index contributed by atoms with van der Waals surface area (Å²) in [6.07, 6.45) is 0. The van der Waals surface area contributed by atoms with Crippen molar-refractivity contribution in [3.63, 3.8) is 0 Å². The van der Waals surface area contributed by atoms with Gasteiger partial charge in [-0.15, -0.1) is 0 Å². The summed E-state index contributed by atoms with van der Waals surface area (Å²) in [5.41, 5.74) is 0. The fraction of sp³-hybridized carbons (Fsp3) is 0. The zero-order valence-corrected chi connectivity index (χ0v) is 5.29. The van der Waals surface area contributed by atoms with E-state index < -0.39 is 16.5 Å². The third kappa shape index (κ3) is 132. The molecular weight excluding hydrogens is 220 g/mol. The standard InChI is InChI=1S/K.Na.H3O4P.HO2P.2H/c;;1-5(2,3)4;1-3-2;;/h;;(H3,1,2,3,4);(H,1,2);;. The van der Waals surface area contributed by atoms with Crippen LogP contribution in [-0.2, 0) is 9.13 Å². The van der Waals surface area contributed by atoms with Crippen molar-refractivity contribution in [1.82, 2.24) is 0 Å². The molecule has 0 radical (unpaired) electrons. The van der Waals surface area contributed by atoms with Crippen LogP contribution in [0.5, 0.6) is 0 Å². The van der Waals surface area contributed by atoms with E-state index in [1.165, 1.54) is 0 Å². The molecule has 0 amide bonds. The molecule has 4 N–H and O–H groups in total. The molecule has 0 atom stereocenters. The van der Waals surface area contributed by atoms with Crippen LogP contribution in [0.15, 0.2) is 0 Å². The zero-order chi connectivity index (χ0) is 7.21. The number of phosphoric acid groups is 1. The van der Waals surface area contributed by atoms with Gasteiger partial charge in [-0.25, -0.2) is 9.13 Å². The SMILES string of the molecule is O=P(O)(O)O.O=PO.[KH].[NaH]. The predicted molar refractivity (Wildman–Crippen MR) is 38.4 cm³/mol. The number of rotatable bonds is 0. The Kier molecular flexibility index (Phi) is 33.0. The third-order valence-corrected chi connectivity index (χ3v) is 0. The molecule has 0 heterocycles. The quantitative estimate of drug-likeness (QED) is 0.279. The Morgan fingerprint density at radius 1 is 1.20 bits per heavy atom. The Morgan fingerprint density at radius 3 is 1.20 bits per heavy atom. The molecule has 10 heavy (non-hydrogen) atoms. The summed E-state index contributed by atoms with van der Waals surface area (Å²) >= 11 is 0. The Balaban J connectivity index is -0.0000000326. The van der Waals surface area contributed by atoms with Gasteiger partial charge in [-0.05, 0) is 0 Å². The third-order valence-electron chi connectivity index (χ3n) is 0. The van der Waals surface area contributed by atoms with Crippen LogP contribution in [-0.4, -0.2) is 101 Å². The van der Waals surface area contributed by atoms with Gasteiger partial charge in [-0.1, -0.05) is 0 Å². The van der Waals surface area contributed by atoms with Crippen molar-refractivity contribution in [2.24, 2.45) is 0 Å². The van der Waals surface area contributed by atoms with Gasteiger partial charge in [0.15, 0.2) is 0 Å². The molecule has 0 spiro atoms. The van der Waals surface area contributed by atoms with E-state index in [-0.39, 0.29) is 80.9 Å². The summed E-state index contributed by atoms with van der Waals surface area (Å²) in [7, 11) is -5.47. The van der Waals surface area contributed by atoms with Gasteiger partial charge in [0.2, 0.25) is 0 Å². The van der Waals surface area contributed by atoms with Crippen molar-refractivity contribution >= 4 is 97.5 Å². The Labute approximate surface area is 124 Å². The van der Waals surface area contributed by atoms with Gasteiger partial charge in [0.25, 0.3) is 0 Å². The van der Waals surface area contributed by atoms with Crippen molar-refractivity contribution in [3.05, 3.63) is 0 Å². The van der Waals surface area contributed by atoms with Crippen LogP contribution in [0.3, 0.4) is 0 Å². The second-order valence-corrected chi connectivity index (χ2v) is 1.78. The van der Waals surface area contributed by atoms with Crippen molar-refractivity contribution < 1.29 is 28.7 Å². The van der Waals surface area contributed by atoms with Crippen molar-refractivity contribution in [3.8, 4) is 0 Å². The van der Waals surface area contributed by atoms with Crippen molar-refractivity contribution in [2.45, 2.75) is 0 Å². The van der Waals surface area contributed by atoms with Gasteiger partial charge in [-0.3, -0.25) is 0 Å². The monoisotopic (exact) mass is 226 g/mol. The maximum atomic E-state index is 8.88. The summed E-state index contributed by atoms with van der Waals surface area (Å²) < 4.78 is 17.3. The van der Waals surface area contributed by atoms with Gasteiger partial charge in [0.1, 0.15) is 0 Å². The molecule has 0 unspecified atom stereocenters. The minimum atomic E-state index is -4.64. The molecule has 0 saturated carbocycles. The van der Waals surface area contributed by atoms with Gasteiger partial charge in [0, 0.05) is 0 Å². The van der Waals surface area contributed by atoms with E-state index in [9.17, 15) is 0 Å². The van der Waals surface area contributed by atoms with E-state index in [1.807, 2.05) is 0 Å². The molecule has 0 saturated heterocycles. The van der Waals surface area contributed by atoms with Gasteiger partial charge in [0.05, 0.1) is 0 Å². The average Bonchev–Trinajstić information content (AvgIpc) is 1.27. The van der Waals surface area contributed by atoms with E-state index in [0.29, 0.717) is 0 Å². The van der Waals surface area contributed by atoms with E-state index in [0.717, 1.165) is 0 Å². The van der Waals surface area contributed by atoms with E-state index >= 15 is 0 Å². The molecule has 10 heteroatoms. The molecule has 0 bridgehead atoms. The first kappa shape index (κ1) is 23.0. The van der Waals surface area contributed by atoms with Crippen LogP contribution in [0, 0.1) is 0 Å². The van der Waals surface area contributed by atoms with Crippen LogP contribution in [0.2, 0.25) is 0 Å². The van der Waals surface area contributed by atoms with Gasteiger partial charge >= 0.3 is 97.5 Å². The fourth-order valence-corrected chi connectivity index (χ4v) is 0. The predicted octanol–water partition coefficient (Wildman–Crippen LogP) is -2.04. The molecule has 0 fully saturated rings. The van der Waals surface area contributed by atoms with E-state index in [2.05, 4.69) is 0 Å². The molecular formula is H6KNaO6P2. The molecule has 0 aromatic heterocycles. The molecule has 54 valence electrons. The molecule has 0 aliphatic carbocycles. The van der Waals surface area contributed by atoms with Crippen LogP contribution in [0.25, 0.3) is 0 Å². The summed E-state index contributed by atoms with van der Waals surface area (Å²) in [6.45, 7) is 0. The van der Waals surface area contributed by atoms with Gasteiger partial charge in [-0.2, -0.15) is 0 Å². The molecule has 0 aromatic carbocycles. The van der Waals surface area contributed by atoms with Crippen LogP contribution in [0.4, 0.5) is 0 Å². The number of hydrogen-bond acceptors (Lipinski definition) is 2. The van der Waals surface area contributed by atoms with Crippen LogP contribution >= 0.6 is 16.5 Å². The molecule has 0 aromatic rings. The van der Waals surface area contributed by atoms with Crippen LogP contribution in [0.1, 0.15) is 0 Å². The van der Waals surface area contributed by atoms with E-state index in [1.54, 1.807) is 0 Å². The second kappa shape index (κ2) is 14.3. The molecule has 0 rings (SSSR count). The first-order chi connectivity index (χ1) is 3.41. The van der Waals surface area contributed by atoms with Crippen molar-refractivity contribution in [2.75, 3.05) is 0 Å². The zero-order valence-electron chi connectivity index (χ0n) is 3.50. The maximum absolute atomic E-state index is 8.88. The summed E-state index contributed by atoms with van der Waals surface area (Å²) in [5.74, 6) is 0. The minimum absolute atomic E-state index is 0. The molecule has 0 aliphatic heterocycles. The normalized spacial score (nSPS) is 8.00. The van der Waals surface area contributed by atoms with Crippen LogP contribution < -0.4 is 0 Å². The Bertz CT molecular complexity index is 89.7. The molecule has 0 aliphatic rings. The first-order valence-corrected chi connectivity index (χ1v) is 3.50. The second-order valence-electron chi connectivity index (χ2n) is 0.595. The summed E-state index contributed by atoms with van der Waals surface area (Å²) in [4.78, 5) is 28.5. The first-order valence-electron chi connectivity index (χ1n) is 1.17. The average molecular weight is 226 g/mol. The van der Waals surface area contributed by atoms with Crippen molar-refractivity contribution in [1.29, 1.82) is 0 Å².